The van der Waals surface area contributed by atoms with Crippen LogP contribution in [0, 0.1) is 51.7 Å². The van der Waals surface area contributed by atoms with Gasteiger partial charge in [-0.05, 0) is 269 Å². The van der Waals surface area contributed by atoms with Crippen LogP contribution in [0.25, 0.3) is 22.4 Å². The molecule has 0 bridgehead atoms. The number of aliphatic hydroxyl groups excluding tert-OH is 1. The molecule has 32 nitrogen and oxygen atoms in total. The fourth-order valence-electron chi connectivity index (χ4n) is 20.0. The normalized spacial score (nSPS) is 24.8. The first kappa shape index (κ1) is 115. The third-order valence-corrected chi connectivity index (χ3v) is 28.4. The molecule has 4 atom stereocenters. The van der Waals surface area contributed by atoms with Crippen LogP contribution in [0.15, 0.2) is 97.8 Å². The molecule has 1 saturated heterocycles. The van der Waals surface area contributed by atoms with E-state index in [0.717, 1.165) is 107 Å². The smallest absolute Gasteiger partial charge is 1.00 e. The van der Waals surface area contributed by atoms with E-state index in [1.165, 1.54) is 86.4 Å². The summed E-state index contributed by atoms with van der Waals surface area (Å²) in [5.41, 5.74) is 0.656. The number of aliphatic hydroxyl groups is 7. The zero-order chi connectivity index (χ0) is 99.4. The van der Waals surface area contributed by atoms with Gasteiger partial charge in [-0.15, -0.1) is 0 Å². The summed E-state index contributed by atoms with van der Waals surface area (Å²) in [6.45, 7) is 21.4. The second-order valence-electron chi connectivity index (χ2n) is 42.7. The first-order chi connectivity index (χ1) is 63.3. The number of rotatable bonds is 26. The molecule has 8 saturated carbocycles. The molecule has 17 rings (SSSR count). The van der Waals surface area contributed by atoms with Crippen molar-refractivity contribution in [2.75, 3.05) is 47.4 Å². The Labute approximate surface area is 867 Å². The van der Waals surface area contributed by atoms with E-state index in [1.54, 1.807) is 51.6 Å². The van der Waals surface area contributed by atoms with E-state index in [-0.39, 0.29) is 194 Å². The summed E-state index contributed by atoms with van der Waals surface area (Å²) in [4.78, 5) is 77.8. The Morgan fingerprint density at radius 1 is 0.479 bits per heavy atom. The SMILES string of the molecule is CC(C)(O)[C@H](F)CNC(=O)c1cnc(Cl)cc1NC1CC2(CC(=O)C2)C1.CC(C)(O)[C@H](F)CNC(=O)c1cnc(Cl)cc1NC1CC2(CC(O)C2)C1.CC1(C)OB(c2ccc3cc(C#N)cnn23)OC1(C)C.CC1(O)CC2(CC(Nc3cc(-c4ccc5cc(C#N)cnn45)ncc3C(=O)NC[C@@H](F)C(C)(C)O)C2)C1.CC1(O)CC2(CC(Nc3cc(Cl)ncc3C(=O)NC[C@@H](F)C(C)(C)O)C2)C1.[CH3-].[Cl-].[I-].[Mg+2]. The molecule has 1 aliphatic heterocycles. The monoisotopic (exact) mass is 2140 g/mol. The number of carbonyl (C=O) groups excluding carboxylic acids is 5. The first-order valence-electron chi connectivity index (χ1n) is 45.6. The van der Waals surface area contributed by atoms with Crippen molar-refractivity contribution in [2.45, 2.75) is 299 Å². The van der Waals surface area contributed by atoms with Crippen LogP contribution in [-0.4, -0.2) is 260 Å². The van der Waals surface area contributed by atoms with Crippen molar-refractivity contribution in [3.05, 3.63) is 154 Å². The number of hydrogen-bond acceptors (Lipinski definition) is 26. The summed E-state index contributed by atoms with van der Waals surface area (Å²) in [6.07, 6.45) is 15.4. The number of aromatic nitrogens is 8. The van der Waals surface area contributed by atoms with Crippen molar-refractivity contribution < 1.29 is 123 Å². The maximum absolute atomic E-state index is 14.3. The van der Waals surface area contributed by atoms with Crippen LogP contribution < -0.4 is 84.5 Å². The minimum absolute atomic E-state index is 0. The summed E-state index contributed by atoms with van der Waals surface area (Å²) in [5.74, 6) is -1.63. The van der Waals surface area contributed by atoms with Crippen LogP contribution in [0.2, 0.25) is 15.5 Å². The minimum Gasteiger partial charge on any atom is -1.00 e. The third kappa shape index (κ3) is 27.7. The molecule has 140 heavy (non-hydrogen) atoms. The third-order valence-electron chi connectivity index (χ3n) is 27.8. The van der Waals surface area contributed by atoms with Crippen LogP contribution in [0.5, 0.6) is 0 Å². The van der Waals surface area contributed by atoms with E-state index in [2.05, 4.69) is 84.8 Å². The Morgan fingerprint density at radius 3 is 1.09 bits per heavy atom. The predicted molar refractivity (Wildman–Crippen MR) is 518 cm³/mol. The Hall–Kier alpha value is -8.21. The van der Waals surface area contributed by atoms with Crippen LogP contribution >= 0.6 is 34.8 Å². The molecular weight excluding hydrogens is 2020 g/mol. The number of pyridine rings is 4. The summed E-state index contributed by atoms with van der Waals surface area (Å²) < 4.78 is 71.3. The Balaban J connectivity index is 0.000000197. The van der Waals surface area contributed by atoms with Gasteiger partial charge in [0, 0.05) is 61.8 Å². The molecule has 9 fully saturated rings. The fraction of sp³-hybridized carbons (Fsp3) is 0.567. The van der Waals surface area contributed by atoms with E-state index in [1.807, 2.05) is 65.8 Å². The number of halogens is 9. The molecule has 4 spiro atoms. The fourth-order valence-corrected chi connectivity index (χ4v) is 20.4. The van der Waals surface area contributed by atoms with Gasteiger partial charge in [0.15, 0.2) is 0 Å². The van der Waals surface area contributed by atoms with Gasteiger partial charge in [-0.2, -0.15) is 20.7 Å². The molecule has 0 radical (unpaired) electrons. The maximum Gasteiger partial charge on any atom is 2.00 e. The molecule has 15 N–H and O–H groups in total. The van der Waals surface area contributed by atoms with Crippen LogP contribution in [0.1, 0.15) is 252 Å². The van der Waals surface area contributed by atoms with Crippen molar-refractivity contribution in [1.82, 2.24) is 60.4 Å². The number of hydrogen-bond donors (Lipinski definition) is 15. The number of nitrogens with zero attached hydrogens (tertiary/aromatic N) is 10. The van der Waals surface area contributed by atoms with E-state index < -0.39 is 89.0 Å². The van der Waals surface area contributed by atoms with Gasteiger partial charge in [0.2, 0.25) is 0 Å². The number of nitrogens with one attached hydrogen (secondary N) is 8. The molecule has 43 heteroatoms. The van der Waals surface area contributed by atoms with E-state index in [4.69, 9.17) is 54.6 Å². The van der Waals surface area contributed by atoms with Gasteiger partial charge in [-0.25, -0.2) is 41.5 Å². The molecule has 8 aromatic heterocycles. The van der Waals surface area contributed by atoms with Crippen LogP contribution in [0.4, 0.5) is 40.3 Å². The second kappa shape index (κ2) is 44.4. The van der Waals surface area contributed by atoms with E-state index in [0.29, 0.717) is 63.9 Å². The summed E-state index contributed by atoms with van der Waals surface area (Å²) in [7, 11) is -0.456. The quantitative estimate of drug-likeness (QED) is 0.00934. The van der Waals surface area contributed by atoms with Gasteiger partial charge in [-0.1, -0.05) is 34.8 Å². The molecule has 9 aliphatic rings. The molecule has 4 amide bonds. The summed E-state index contributed by atoms with van der Waals surface area (Å²) >= 11 is 17.9. The average molecular weight is 2150 g/mol. The summed E-state index contributed by atoms with van der Waals surface area (Å²) in [6, 6.07) is 22.4. The number of anilines is 4. The number of fused-ring (bicyclic) bond motifs is 2. The maximum atomic E-state index is 14.3. The molecule has 8 aliphatic carbocycles. The van der Waals surface area contributed by atoms with Gasteiger partial charge in [-0.3, -0.25) is 29.0 Å². The first-order valence-corrected chi connectivity index (χ1v) is 46.8. The zero-order valence-corrected chi connectivity index (χ0v) is 87.8. The standard InChI is InChI=1S/C27H31FN6O3.C19H27ClFN3O3.C18H25ClFN3O3.C18H23ClFN3O3.C14H16BN3O2.CH3.ClH.HI.Mg/c1-25(2,36)23(28)13-31-24(35)19-12-30-21(22-5-4-18-6-16(10-29)11-32-34(18)22)7-20(19)33-17-8-27(9-17)14-26(3,37)15-27;1-17(2,26)14(21)8-23-16(25)12-7-22-15(20)4-13(12)24-11-5-19(6-11)9-18(3,27)10-19;2*1-17(2,26)14(20)9-22-16(25)12-8-21-15(19)3-13(12)23-10-4-18(5-10)6-11(24)7-18;1-13(2)14(3,4)20-15(19-13)12-6-5-11-7-10(8-16)9-17-18(11)12;;;;/h4-7,11-12,17,23,36-37H,8-9,13-15H2,1-3H3,(H,30,33)(H,31,35);4,7,11,14,26-27H,5-6,8-10H2,1-3H3,(H,22,24)(H,23,25);3,8,10-11,14,24,26H,4-7,9H2,1-2H3,(H,21,23)(H,22,25);3,8,10,14,26H,4-7,9H2,1-2H3,(H,21,23)(H,22,25);5-7,9H,1-4H3;1H3;2*1H;/q;;;;;-1;;;+2/p-2/t17?,23-,26?,27?;11?,14-,18?,19?;10?,11?,14-,18?;14-;;;;;/m1111...../s1. The number of nitriles is 2. The average Bonchev–Trinajstić information content (AvgIpc) is 0.952. The van der Waals surface area contributed by atoms with Gasteiger partial charge in [0.1, 0.15) is 58.1 Å². The molecular formula is C97H125BCl4F4IMgN18O14-. The zero-order valence-electron chi connectivity index (χ0n) is 81.2. The van der Waals surface area contributed by atoms with Gasteiger partial charge < -0.3 is 131 Å². The Bertz CT molecular complexity index is 5830. The molecule has 0 aromatic carbocycles. The summed E-state index contributed by atoms with van der Waals surface area (Å²) in [5, 5.41) is 119. The number of amides is 4. The molecule has 8 aromatic rings. The molecule has 756 valence electrons. The van der Waals surface area contributed by atoms with Crippen LogP contribution in [0.3, 0.4) is 0 Å². The number of carbonyl (C=O) groups is 5. The minimum atomic E-state index is -1.63. The molecule has 0 unspecified atom stereocenters. The van der Waals surface area contributed by atoms with Crippen molar-refractivity contribution >= 4 is 134 Å². The van der Waals surface area contributed by atoms with Crippen molar-refractivity contribution in [3.8, 4) is 23.5 Å². The van der Waals surface area contributed by atoms with Crippen molar-refractivity contribution in [1.29, 1.82) is 10.5 Å². The molecule has 9 heterocycles. The van der Waals surface area contributed by atoms with Gasteiger partial charge in [0.05, 0.1) is 174 Å². The van der Waals surface area contributed by atoms with Crippen LogP contribution in [-0.2, 0) is 14.1 Å². The topological polar surface area (TPSA) is 475 Å². The number of alkyl halides is 4. The number of ketones is 1. The van der Waals surface area contributed by atoms with Gasteiger partial charge >= 0.3 is 30.2 Å². The van der Waals surface area contributed by atoms with E-state index in [9.17, 15) is 77.3 Å². The number of Topliss-reactive ketones (excluding diaryl/α,β-unsaturated/α-hetero) is 1. The van der Waals surface area contributed by atoms with E-state index >= 15 is 0 Å². The second-order valence-corrected chi connectivity index (χ2v) is 43.9. The largest absolute Gasteiger partial charge is 2.00 e. The van der Waals surface area contributed by atoms with Crippen molar-refractivity contribution in [3.63, 3.8) is 0 Å². The van der Waals surface area contributed by atoms with Gasteiger partial charge in [0.25, 0.3) is 23.6 Å². The van der Waals surface area contributed by atoms with Crippen molar-refractivity contribution in [2.24, 2.45) is 21.7 Å². The Kier molecular flexibility index (Phi) is 36.6. The predicted octanol–water partition coefficient (Wildman–Crippen LogP) is 6.26. The Morgan fingerprint density at radius 2 is 0.779 bits per heavy atom.